The molecule has 0 amide bonds. The Bertz CT molecular complexity index is 661. The Morgan fingerprint density at radius 1 is 1.50 bits per heavy atom. The van der Waals surface area contributed by atoms with Crippen LogP contribution < -0.4 is 5.56 Å². The zero-order chi connectivity index (χ0) is 13.5. The maximum Gasteiger partial charge on any atom is 0.343 e. The van der Waals surface area contributed by atoms with Crippen molar-refractivity contribution in [2.45, 2.75) is 19.3 Å². The fourth-order valence-electron chi connectivity index (χ4n) is 2.06. The SMILES string of the molecule is Cc1nc(C2CCS(=O)(=O)C2)[nH]c(=O)c1C(=O)O. The van der Waals surface area contributed by atoms with E-state index in [-0.39, 0.29) is 28.9 Å². The number of aryl methyl sites for hydroxylation is 1. The van der Waals surface area contributed by atoms with E-state index in [1.165, 1.54) is 6.92 Å². The summed E-state index contributed by atoms with van der Waals surface area (Å²) >= 11 is 0. The molecule has 8 heteroatoms. The van der Waals surface area contributed by atoms with E-state index in [9.17, 15) is 18.0 Å². The molecule has 1 unspecified atom stereocenters. The molecule has 7 nitrogen and oxygen atoms in total. The van der Waals surface area contributed by atoms with Crippen LogP contribution in [0.5, 0.6) is 0 Å². The van der Waals surface area contributed by atoms with Crippen molar-refractivity contribution in [1.82, 2.24) is 9.97 Å². The van der Waals surface area contributed by atoms with Crippen molar-refractivity contribution in [3.63, 3.8) is 0 Å². The molecule has 18 heavy (non-hydrogen) atoms. The average Bonchev–Trinajstić information content (AvgIpc) is 2.57. The summed E-state index contributed by atoms with van der Waals surface area (Å²) in [6.45, 7) is 1.42. The summed E-state index contributed by atoms with van der Waals surface area (Å²) in [6.07, 6.45) is 0.400. The monoisotopic (exact) mass is 272 g/mol. The molecule has 1 aromatic rings. The van der Waals surface area contributed by atoms with Crippen molar-refractivity contribution in [1.29, 1.82) is 0 Å². The smallest absolute Gasteiger partial charge is 0.343 e. The normalized spacial score (nSPS) is 21.9. The lowest BCUT2D eigenvalue weighted by atomic mass is 10.1. The van der Waals surface area contributed by atoms with Crippen LogP contribution >= 0.6 is 0 Å². The molecule has 2 rings (SSSR count). The number of aromatic carboxylic acids is 1. The summed E-state index contributed by atoms with van der Waals surface area (Å²) in [7, 11) is -3.07. The van der Waals surface area contributed by atoms with Gasteiger partial charge in [-0.05, 0) is 13.3 Å². The zero-order valence-electron chi connectivity index (χ0n) is 9.63. The van der Waals surface area contributed by atoms with Gasteiger partial charge in [0.25, 0.3) is 5.56 Å². The third-order valence-electron chi connectivity index (χ3n) is 2.95. The second-order valence-electron chi connectivity index (χ2n) is 4.32. The molecule has 0 bridgehead atoms. The van der Waals surface area contributed by atoms with Crippen LogP contribution in [0.4, 0.5) is 0 Å². The summed E-state index contributed by atoms with van der Waals surface area (Å²) in [5, 5.41) is 8.83. The molecule has 1 fully saturated rings. The molecule has 1 aliphatic heterocycles. The summed E-state index contributed by atoms with van der Waals surface area (Å²) in [5.74, 6) is -1.43. The first-order valence-corrected chi connectivity index (χ1v) is 7.17. The van der Waals surface area contributed by atoms with Gasteiger partial charge in [-0.15, -0.1) is 0 Å². The summed E-state index contributed by atoms with van der Waals surface area (Å²) in [6, 6.07) is 0. The molecular formula is C10H12N2O5S. The van der Waals surface area contributed by atoms with Crippen molar-refractivity contribution in [3.8, 4) is 0 Å². The lowest BCUT2D eigenvalue weighted by Crippen LogP contribution is -2.24. The molecule has 0 aliphatic carbocycles. The molecule has 1 aliphatic rings. The fraction of sp³-hybridized carbons (Fsp3) is 0.500. The first kappa shape index (κ1) is 12.7. The minimum atomic E-state index is -3.07. The molecule has 0 saturated carbocycles. The number of carbonyl (C=O) groups is 1. The van der Waals surface area contributed by atoms with Gasteiger partial charge in [0.05, 0.1) is 17.2 Å². The highest BCUT2D eigenvalue weighted by molar-refractivity contribution is 7.91. The van der Waals surface area contributed by atoms with E-state index in [1.807, 2.05) is 0 Å². The lowest BCUT2D eigenvalue weighted by molar-refractivity contribution is 0.0693. The number of carboxylic acid groups (broad SMARTS) is 1. The maximum absolute atomic E-state index is 11.6. The van der Waals surface area contributed by atoms with Gasteiger partial charge in [0, 0.05) is 5.92 Å². The molecule has 98 valence electrons. The molecule has 0 radical (unpaired) electrons. The van der Waals surface area contributed by atoms with Crippen LogP contribution in [0.15, 0.2) is 4.79 Å². The molecule has 1 saturated heterocycles. The minimum Gasteiger partial charge on any atom is -0.477 e. The highest BCUT2D eigenvalue weighted by Crippen LogP contribution is 2.26. The number of sulfone groups is 1. The van der Waals surface area contributed by atoms with Gasteiger partial charge in [-0.1, -0.05) is 0 Å². The number of nitrogens with zero attached hydrogens (tertiary/aromatic N) is 1. The molecule has 0 spiro atoms. The second kappa shape index (κ2) is 4.20. The second-order valence-corrected chi connectivity index (χ2v) is 6.55. The highest BCUT2D eigenvalue weighted by Gasteiger charge is 2.31. The maximum atomic E-state index is 11.6. The van der Waals surface area contributed by atoms with E-state index in [4.69, 9.17) is 5.11 Å². The van der Waals surface area contributed by atoms with E-state index in [0.717, 1.165) is 0 Å². The van der Waals surface area contributed by atoms with Gasteiger partial charge in [-0.25, -0.2) is 18.2 Å². The van der Waals surface area contributed by atoms with Crippen molar-refractivity contribution in [3.05, 3.63) is 27.4 Å². The number of H-pyrrole nitrogens is 1. The van der Waals surface area contributed by atoms with Crippen LogP contribution in [0.25, 0.3) is 0 Å². The number of rotatable bonds is 2. The largest absolute Gasteiger partial charge is 0.477 e. The number of nitrogens with one attached hydrogen (secondary N) is 1. The third-order valence-corrected chi connectivity index (χ3v) is 4.72. The Labute approximate surface area is 103 Å². The van der Waals surface area contributed by atoms with E-state index < -0.39 is 26.9 Å². The highest BCUT2D eigenvalue weighted by atomic mass is 32.2. The number of carboxylic acids is 1. The van der Waals surface area contributed by atoms with Gasteiger partial charge in [-0.3, -0.25) is 4.79 Å². The Morgan fingerprint density at radius 3 is 2.61 bits per heavy atom. The molecule has 0 aromatic carbocycles. The van der Waals surface area contributed by atoms with Crippen molar-refractivity contribution < 1.29 is 18.3 Å². The Kier molecular flexibility index (Phi) is 2.97. The van der Waals surface area contributed by atoms with Gasteiger partial charge < -0.3 is 10.1 Å². The Balaban J connectivity index is 2.44. The summed E-state index contributed by atoms with van der Waals surface area (Å²) in [4.78, 5) is 28.8. The van der Waals surface area contributed by atoms with E-state index in [1.54, 1.807) is 0 Å². The van der Waals surface area contributed by atoms with Crippen LogP contribution in [0.3, 0.4) is 0 Å². The fourth-order valence-corrected chi connectivity index (χ4v) is 3.81. The number of hydrogen-bond donors (Lipinski definition) is 2. The topological polar surface area (TPSA) is 117 Å². The molecule has 1 aromatic heterocycles. The van der Waals surface area contributed by atoms with Crippen LogP contribution in [-0.2, 0) is 9.84 Å². The zero-order valence-corrected chi connectivity index (χ0v) is 10.5. The molecular weight excluding hydrogens is 260 g/mol. The standard InChI is InChI=1S/C10H12N2O5S/c1-5-7(10(14)15)9(13)12-8(11-5)6-2-3-18(16,17)4-6/h6H,2-4H2,1H3,(H,14,15)(H,11,12,13). The van der Waals surface area contributed by atoms with Crippen molar-refractivity contribution >= 4 is 15.8 Å². The molecule has 1 atom stereocenters. The first-order valence-electron chi connectivity index (χ1n) is 5.34. The predicted molar refractivity (Wildman–Crippen MR) is 62.6 cm³/mol. The van der Waals surface area contributed by atoms with Crippen LogP contribution in [0.2, 0.25) is 0 Å². The van der Waals surface area contributed by atoms with Crippen molar-refractivity contribution in [2.75, 3.05) is 11.5 Å². The average molecular weight is 272 g/mol. The van der Waals surface area contributed by atoms with E-state index in [0.29, 0.717) is 6.42 Å². The Morgan fingerprint density at radius 2 is 2.17 bits per heavy atom. The van der Waals surface area contributed by atoms with Gasteiger partial charge in [0.15, 0.2) is 9.84 Å². The van der Waals surface area contributed by atoms with E-state index in [2.05, 4.69) is 9.97 Å². The quantitative estimate of drug-likeness (QED) is 0.761. The van der Waals surface area contributed by atoms with Gasteiger partial charge >= 0.3 is 5.97 Å². The number of hydrogen-bond acceptors (Lipinski definition) is 5. The summed E-state index contributed by atoms with van der Waals surface area (Å²) < 4.78 is 22.7. The number of aromatic nitrogens is 2. The summed E-state index contributed by atoms with van der Waals surface area (Å²) in [5.41, 5.74) is -1.04. The molecule has 2 heterocycles. The van der Waals surface area contributed by atoms with Gasteiger partial charge in [0.2, 0.25) is 0 Å². The van der Waals surface area contributed by atoms with Crippen molar-refractivity contribution in [2.24, 2.45) is 0 Å². The Hall–Kier alpha value is -1.70. The minimum absolute atomic E-state index is 0.0538. The first-order chi connectivity index (χ1) is 8.30. The lowest BCUT2D eigenvalue weighted by Gasteiger charge is -2.08. The molecule has 2 N–H and O–H groups in total. The van der Waals surface area contributed by atoms with Crippen LogP contribution in [0, 0.1) is 6.92 Å². The van der Waals surface area contributed by atoms with Crippen LogP contribution in [-0.4, -0.2) is 41.0 Å². The van der Waals surface area contributed by atoms with Gasteiger partial charge in [-0.2, -0.15) is 0 Å². The third kappa shape index (κ3) is 2.28. The van der Waals surface area contributed by atoms with Crippen LogP contribution in [0.1, 0.15) is 34.2 Å². The van der Waals surface area contributed by atoms with E-state index >= 15 is 0 Å². The number of aromatic amines is 1. The predicted octanol–water partition coefficient (Wildman–Crippen LogP) is -0.321. The van der Waals surface area contributed by atoms with Gasteiger partial charge in [0.1, 0.15) is 11.4 Å².